The molecular formula is C35H39ClN4O3S. The van der Waals surface area contributed by atoms with Crippen molar-refractivity contribution in [2.24, 2.45) is 7.05 Å². The molecule has 5 aromatic rings. The Morgan fingerprint density at radius 2 is 1.80 bits per heavy atom. The van der Waals surface area contributed by atoms with E-state index in [9.17, 15) is 9.90 Å². The summed E-state index contributed by atoms with van der Waals surface area (Å²) in [5, 5.41) is 18.1. The fourth-order valence-electron chi connectivity index (χ4n) is 6.41. The molecule has 1 aliphatic heterocycles. The molecule has 3 aromatic carbocycles. The van der Waals surface area contributed by atoms with Crippen LogP contribution in [-0.4, -0.2) is 56.0 Å². The molecule has 1 N–H and O–H groups in total. The molecule has 0 bridgehead atoms. The Labute approximate surface area is 267 Å². The summed E-state index contributed by atoms with van der Waals surface area (Å²) < 4.78 is 9.09. The number of hydrogen-bond acceptors (Lipinski definition) is 6. The number of carboxylic acids is 1. The van der Waals surface area contributed by atoms with Crippen molar-refractivity contribution < 1.29 is 14.6 Å². The van der Waals surface area contributed by atoms with Crippen LogP contribution in [0.25, 0.3) is 42.8 Å². The maximum atomic E-state index is 12.7. The fraction of sp³-hybridized carbons (Fsp3) is 0.400. The van der Waals surface area contributed by atoms with E-state index in [1.807, 2.05) is 69.8 Å². The number of thiazole rings is 1. The van der Waals surface area contributed by atoms with Gasteiger partial charge in [-0.25, -0.2) is 9.78 Å². The van der Waals surface area contributed by atoms with E-state index < -0.39 is 17.7 Å². The summed E-state index contributed by atoms with van der Waals surface area (Å²) in [6.45, 7) is 13.1. The van der Waals surface area contributed by atoms with E-state index in [1.165, 1.54) is 11.1 Å². The number of carbonyl (C=O) groups is 1. The van der Waals surface area contributed by atoms with Crippen molar-refractivity contribution in [3.05, 3.63) is 70.4 Å². The van der Waals surface area contributed by atoms with E-state index >= 15 is 0 Å². The van der Waals surface area contributed by atoms with E-state index in [-0.39, 0.29) is 0 Å². The van der Waals surface area contributed by atoms with Crippen LogP contribution in [-0.2, 0) is 16.6 Å². The molecule has 6 rings (SSSR count). The van der Waals surface area contributed by atoms with Crippen LogP contribution < -0.4 is 0 Å². The van der Waals surface area contributed by atoms with Gasteiger partial charge >= 0.3 is 5.97 Å². The van der Waals surface area contributed by atoms with Crippen molar-refractivity contribution in [3.63, 3.8) is 0 Å². The quantitative estimate of drug-likeness (QED) is 0.194. The van der Waals surface area contributed by atoms with Crippen molar-refractivity contribution in [1.82, 2.24) is 19.7 Å². The monoisotopic (exact) mass is 630 g/mol. The summed E-state index contributed by atoms with van der Waals surface area (Å²) in [4.78, 5) is 20.3. The molecule has 1 aliphatic rings. The van der Waals surface area contributed by atoms with Crippen molar-refractivity contribution in [2.75, 3.05) is 19.6 Å². The third-order valence-corrected chi connectivity index (χ3v) is 9.96. The average Bonchev–Trinajstić information content (AvgIpc) is 3.56. The number of benzene rings is 3. The second-order valence-electron chi connectivity index (χ2n) is 12.8. The Bertz CT molecular complexity index is 1850. The molecule has 3 heterocycles. The van der Waals surface area contributed by atoms with Crippen molar-refractivity contribution in [1.29, 1.82) is 0 Å². The number of likely N-dealkylation sites (tertiary alicyclic amines) is 1. The second kappa shape index (κ2) is 11.9. The first kappa shape index (κ1) is 30.7. The normalized spacial score (nSPS) is 15.8. The SMILES string of the molecule is CCN1CCC(c2nn(C)c3ccc(-c4nc5cc(C)c([C@H](OC(C)(C)C)C(=O)O)c(-c6ccc(Cl)cc6)c5s4)cc23)CC1. The van der Waals surface area contributed by atoms with Crippen molar-refractivity contribution in [3.8, 4) is 21.7 Å². The largest absolute Gasteiger partial charge is 0.479 e. The molecule has 2 aromatic heterocycles. The van der Waals surface area contributed by atoms with Crippen LogP contribution in [0.3, 0.4) is 0 Å². The Balaban J connectivity index is 1.51. The smallest absolute Gasteiger partial charge is 0.337 e. The van der Waals surface area contributed by atoms with Gasteiger partial charge in [-0.1, -0.05) is 30.7 Å². The maximum absolute atomic E-state index is 12.7. The molecule has 0 spiro atoms. The number of ether oxygens (including phenoxy) is 1. The molecule has 0 amide bonds. The van der Waals surface area contributed by atoms with Crippen LogP contribution in [0.2, 0.25) is 5.02 Å². The highest BCUT2D eigenvalue weighted by Gasteiger charge is 2.32. The lowest BCUT2D eigenvalue weighted by molar-refractivity contribution is -0.160. The zero-order valence-electron chi connectivity index (χ0n) is 26.1. The number of hydrogen-bond donors (Lipinski definition) is 1. The second-order valence-corrected chi connectivity index (χ2v) is 14.2. The molecule has 0 aliphatic carbocycles. The van der Waals surface area contributed by atoms with Crippen LogP contribution >= 0.6 is 22.9 Å². The first-order valence-corrected chi connectivity index (χ1v) is 16.4. The van der Waals surface area contributed by atoms with Crippen molar-refractivity contribution in [2.45, 2.75) is 65.1 Å². The van der Waals surface area contributed by atoms with Gasteiger partial charge in [0.25, 0.3) is 0 Å². The van der Waals surface area contributed by atoms with E-state index in [1.54, 1.807) is 11.3 Å². The standard InChI is InChI=1S/C35H39ClN4O3S/c1-7-40-16-14-22(15-17-40)30-25-19-23(10-13-27(25)39(6)38-30)33-37-26-18-20(2)28(31(34(41)42)43-35(3,4)5)29(32(26)44-33)21-8-11-24(36)12-9-21/h8-13,18-19,22,31H,7,14-17H2,1-6H3,(H,41,42)/t31-/m0/s1. The highest BCUT2D eigenvalue weighted by Crippen LogP contribution is 2.45. The molecule has 1 atom stereocenters. The lowest BCUT2D eigenvalue weighted by Crippen LogP contribution is -2.32. The number of halogens is 1. The first-order chi connectivity index (χ1) is 20.9. The zero-order chi connectivity index (χ0) is 31.3. The Morgan fingerprint density at radius 3 is 2.43 bits per heavy atom. The highest BCUT2D eigenvalue weighted by atomic mass is 35.5. The summed E-state index contributed by atoms with van der Waals surface area (Å²) in [6, 6.07) is 16.0. The number of aliphatic carboxylic acids is 1. The minimum absolute atomic E-state index is 0.435. The predicted molar refractivity (Wildman–Crippen MR) is 180 cm³/mol. The number of rotatable bonds is 7. The number of piperidine rings is 1. The number of nitrogens with zero attached hydrogens (tertiary/aromatic N) is 4. The van der Waals surface area contributed by atoms with Gasteiger partial charge in [-0.05, 0) is 108 Å². The van der Waals surface area contributed by atoms with Crippen molar-refractivity contribution >= 4 is 50.0 Å². The van der Waals surface area contributed by atoms with Gasteiger partial charge in [0.05, 0.1) is 27.0 Å². The van der Waals surface area contributed by atoms with Gasteiger partial charge in [0.1, 0.15) is 5.01 Å². The van der Waals surface area contributed by atoms with E-state index in [0.717, 1.165) is 75.5 Å². The Kier molecular flexibility index (Phi) is 8.30. The summed E-state index contributed by atoms with van der Waals surface area (Å²) >= 11 is 7.85. The topological polar surface area (TPSA) is 80.5 Å². The van der Waals surface area contributed by atoms with Crippen LogP contribution in [0.1, 0.15) is 69.4 Å². The van der Waals surface area contributed by atoms with E-state index in [2.05, 4.69) is 30.0 Å². The van der Waals surface area contributed by atoms with Gasteiger partial charge in [-0.2, -0.15) is 5.10 Å². The van der Waals surface area contributed by atoms with Crippen LogP contribution in [0, 0.1) is 6.92 Å². The molecule has 0 radical (unpaired) electrons. The minimum Gasteiger partial charge on any atom is -0.479 e. The zero-order valence-corrected chi connectivity index (χ0v) is 27.7. The lowest BCUT2D eigenvalue weighted by Gasteiger charge is -2.30. The molecule has 0 unspecified atom stereocenters. The molecule has 230 valence electrons. The summed E-state index contributed by atoms with van der Waals surface area (Å²) in [7, 11) is 2.02. The maximum Gasteiger partial charge on any atom is 0.337 e. The molecule has 1 saturated heterocycles. The summed E-state index contributed by atoms with van der Waals surface area (Å²) in [5.74, 6) is -0.591. The minimum atomic E-state index is -1.15. The van der Waals surface area contributed by atoms with Gasteiger partial charge in [0.2, 0.25) is 0 Å². The van der Waals surface area contributed by atoms with Gasteiger partial charge < -0.3 is 14.7 Å². The Hall–Kier alpha value is -3.30. The number of fused-ring (bicyclic) bond motifs is 2. The summed E-state index contributed by atoms with van der Waals surface area (Å²) in [5.41, 5.74) is 6.64. The number of aromatic nitrogens is 3. The first-order valence-electron chi connectivity index (χ1n) is 15.2. The van der Waals surface area contributed by atoms with Gasteiger partial charge in [-0.3, -0.25) is 4.68 Å². The van der Waals surface area contributed by atoms with E-state index in [0.29, 0.717) is 16.5 Å². The molecule has 7 nitrogen and oxygen atoms in total. The van der Waals surface area contributed by atoms with Gasteiger partial charge in [0, 0.05) is 40.1 Å². The molecule has 1 fully saturated rings. The van der Waals surface area contributed by atoms with Gasteiger partial charge in [-0.15, -0.1) is 11.3 Å². The summed E-state index contributed by atoms with van der Waals surface area (Å²) in [6.07, 6.45) is 1.07. The van der Waals surface area contributed by atoms with Crippen LogP contribution in [0.5, 0.6) is 0 Å². The average molecular weight is 631 g/mol. The van der Waals surface area contributed by atoms with E-state index in [4.69, 9.17) is 26.4 Å². The third kappa shape index (κ3) is 5.88. The predicted octanol–water partition coefficient (Wildman–Crippen LogP) is 8.62. The van der Waals surface area contributed by atoms with Gasteiger partial charge in [0.15, 0.2) is 6.10 Å². The highest BCUT2D eigenvalue weighted by molar-refractivity contribution is 7.22. The molecular weight excluding hydrogens is 592 g/mol. The molecule has 9 heteroatoms. The molecule has 44 heavy (non-hydrogen) atoms. The lowest BCUT2D eigenvalue weighted by atomic mass is 9.91. The Morgan fingerprint density at radius 1 is 1.11 bits per heavy atom. The number of aryl methyl sites for hydroxylation is 2. The fourth-order valence-corrected chi connectivity index (χ4v) is 7.66. The third-order valence-electron chi connectivity index (χ3n) is 8.57. The molecule has 0 saturated carbocycles. The number of carboxylic acid groups (broad SMARTS) is 1. The van der Waals surface area contributed by atoms with Crippen LogP contribution in [0.15, 0.2) is 48.5 Å². The van der Waals surface area contributed by atoms with Crippen LogP contribution in [0.4, 0.5) is 0 Å².